The fraction of sp³-hybridized carbons (Fsp3) is 0.241. The fourth-order valence-corrected chi connectivity index (χ4v) is 4.03. The van der Waals surface area contributed by atoms with E-state index in [4.69, 9.17) is 4.74 Å². The van der Waals surface area contributed by atoms with Gasteiger partial charge in [0, 0.05) is 5.69 Å². The van der Waals surface area contributed by atoms with Crippen molar-refractivity contribution in [1.29, 1.82) is 0 Å². The number of carbonyl (C=O) groups excluding carboxylic acids is 2. The van der Waals surface area contributed by atoms with Gasteiger partial charge in [-0.15, -0.1) is 0 Å². The molecule has 0 spiro atoms. The van der Waals surface area contributed by atoms with Crippen molar-refractivity contribution in [1.82, 2.24) is 0 Å². The van der Waals surface area contributed by atoms with Gasteiger partial charge in [0.1, 0.15) is 11.4 Å². The predicted molar refractivity (Wildman–Crippen MR) is 137 cm³/mol. The molecule has 5 nitrogen and oxygen atoms in total. The molecule has 0 fully saturated rings. The monoisotopic (exact) mass is 454 g/mol. The summed E-state index contributed by atoms with van der Waals surface area (Å²) >= 11 is 0. The maximum absolute atomic E-state index is 13.7. The minimum atomic E-state index is -0.366. The molecule has 4 rings (SSSR count). The zero-order valence-corrected chi connectivity index (χ0v) is 20.5. The summed E-state index contributed by atoms with van der Waals surface area (Å²) in [4.78, 5) is 28.7. The number of nitrogens with zero attached hydrogens (tertiary/aromatic N) is 1. The number of nitrogens with one attached hydrogen (secondary N) is 1. The van der Waals surface area contributed by atoms with E-state index in [0.717, 1.165) is 27.9 Å². The third-order valence-corrected chi connectivity index (χ3v) is 5.98. The van der Waals surface area contributed by atoms with Crippen LogP contribution in [0.5, 0.6) is 5.75 Å². The summed E-state index contributed by atoms with van der Waals surface area (Å²) in [6, 6.07) is 19.0. The molecule has 0 atom stereocenters. The quantitative estimate of drug-likeness (QED) is 0.457. The van der Waals surface area contributed by atoms with Gasteiger partial charge >= 0.3 is 0 Å². The van der Waals surface area contributed by atoms with E-state index >= 15 is 0 Å². The van der Waals surface area contributed by atoms with E-state index < -0.39 is 0 Å². The molecule has 5 heteroatoms. The molecular weight excluding hydrogens is 424 g/mol. The lowest BCUT2D eigenvalue weighted by Gasteiger charge is -2.18. The van der Waals surface area contributed by atoms with Crippen molar-refractivity contribution in [2.75, 3.05) is 10.2 Å². The largest absolute Gasteiger partial charge is 0.491 e. The summed E-state index contributed by atoms with van der Waals surface area (Å²) in [6.45, 7) is 11.8. The Bertz CT molecular complexity index is 1300. The predicted octanol–water partition coefficient (Wildman–Crippen LogP) is 6.10. The van der Waals surface area contributed by atoms with Crippen LogP contribution in [0.25, 0.3) is 5.57 Å². The van der Waals surface area contributed by atoms with Gasteiger partial charge < -0.3 is 10.1 Å². The molecule has 0 bridgehead atoms. The van der Waals surface area contributed by atoms with Crippen molar-refractivity contribution >= 4 is 28.8 Å². The topological polar surface area (TPSA) is 58.6 Å². The normalized spacial score (nSPS) is 13.8. The molecule has 174 valence electrons. The first-order chi connectivity index (χ1) is 16.2. The van der Waals surface area contributed by atoms with E-state index in [1.165, 1.54) is 4.90 Å². The minimum Gasteiger partial charge on any atom is -0.491 e. The molecule has 0 aromatic heterocycles. The molecule has 0 aliphatic carbocycles. The Labute approximate surface area is 201 Å². The van der Waals surface area contributed by atoms with Crippen LogP contribution in [-0.4, -0.2) is 17.9 Å². The maximum atomic E-state index is 13.7. The molecule has 34 heavy (non-hydrogen) atoms. The SMILES string of the molecule is Cc1ccc(C)c(N2C(=O)C(Nc3ccc(C)c(C)c3)=C(c3ccc(OC(C)C)cc3)C2=O)c1. The summed E-state index contributed by atoms with van der Waals surface area (Å²) in [5, 5.41) is 3.25. The van der Waals surface area contributed by atoms with Crippen molar-refractivity contribution < 1.29 is 14.3 Å². The van der Waals surface area contributed by atoms with Crippen molar-refractivity contribution in [3.05, 3.63) is 94.2 Å². The number of aryl methyl sites for hydroxylation is 4. The van der Waals surface area contributed by atoms with Gasteiger partial charge in [-0.05, 0) is 99.7 Å². The van der Waals surface area contributed by atoms with Gasteiger partial charge in [-0.3, -0.25) is 9.59 Å². The smallest absolute Gasteiger partial charge is 0.282 e. The van der Waals surface area contributed by atoms with Crippen molar-refractivity contribution in [3.8, 4) is 5.75 Å². The first-order valence-electron chi connectivity index (χ1n) is 11.5. The standard InChI is InChI=1S/C29H30N2O3/c1-17(2)34-24-13-10-22(11-14-24)26-27(30-23-12-9-19(4)21(6)16-23)29(33)31(28(26)32)25-15-18(3)7-8-20(25)5/h7-17,30H,1-6H3. The second-order valence-corrected chi connectivity index (χ2v) is 9.10. The number of ether oxygens (including phenoxy) is 1. The van der Waals surface area contributed by atoms with Gasteiger partial charge in [0.2, 0.25) is 0 Å². The van der Waals surface area contributed by atoms with Gasteiger partial charge in [-0.2, -0.15) is 0 Å². The molecule has 1 heterocycles. The summed E-state index contributed by atoms with van der Waals surface area (Å²) in [6.07, 6.45) is 0.0431. The molecule has 2 amide bonds. The number of carbonyl (C=O) groups is 2. The molecule has 1 N–H and O–H groups in total. The molecule has 3 aromatic rings. The zero-order chi connectivity index (χ0) is 24.6. The number of rotatable bonds is 6. The highest BCUT2D eigenvalue weighted by Gasteiger charge is 2.41. The summed E-state index contributed by atoms with van der Waals surface area (Å²) < 4.78 is 5.75. The average molecular weight is 455 g/mol. The Morgan fingerprint density at radius 3 is 2.09 bits per heavy atom. The molecule has 1 aliphatic rings. The van der Waals surface area contributed by atoms with Gasteiger partial charge in [0.05, 0.1) is 17.4 Å². The van der Waals surface area contributed by atoms with Crippen LogP contribution < -0.4 is 15.0 Å². The first kappa shape index (κ1) is 23.3. The maximum Gasteiger partial charge on any atom is 0.282 e. The third kappa shape index (κ3) is 4.46. The first-order valence-corrected chi connectivity index (χ1v) is 11.5. The average Bonchev–Trinajstić information content (AvgIpc) is 3.02. The van der Waals surface area contributed by atoms with Gasteiger partial charge in [0.25, 0.3) is 11.8 Å². The van der Waals surface area contributed by atoms with Crippen molar-refractivity contribution in [3.63, 3.8) is 0 Å². The number of anilines is 2. The lowest BCUT2D eigenvalue weighted by Crippen LogP contribution is -2.33. The highest BCUT2D eigenvalue weighted by atomic mass is 16.5. The van der Waals surface area contributed by atoms with Crippen molar-refractivity contribution in [2.45, 2.75) is 47.6 Å². The number of hydrogen-bond acceptors (Lipinski definition) is 4. The lowest BCUT2D eigenvalue weighted by molar-refractivity contribution is -0.120. The van der Waals surface area contributed by atoms with Crippen LogP contribution in [0.1, 0.15) is 41.7 Å². The number of benzene rings is 3. The fourth-order valence-electron chi connectivity index (χ4n) is 4.03. The van der Waals surface area contributed by atoms with Crippen LogP contribution in [-0.2, 0) is 9.59 Å². The highest BCUT2D eigenvalue weighted by Crippen LogP contribution is 2.36. The van der Waals surface area contributed by atoms with E-state index in [9.17, 15) is 9.59 Å². The lowest BCUT2D eigenvalue weighted by atomic mass is 10.0. The second kappa shape index (κ2) is 9.18. The molecule has 3 aromatic carbocycles. The molecule has 0 saturated carbocycles. The number of hydrogen-bond donors (Lipinski definition) is 1. The summed E-state index contributed by atoms with van der Waals surface area (Å²) in [5.74, 6) is 0.00294. The molecule has 0 saturated heterocycles. The summed E-state index contributed by atoms with van der Waals surface area (Å²) in [7, 11) is 0. The molecule has 0 radical (unpaired) electrons. The molecular formula is C29H30N2O3. The van der Waals surface area contributed by atoms with Gasteiger partial charge in [0.15, 0.2) is 0 Å². The van der Waals surface area contributed by atoms with E-state index in [-0.39, 0.29) is 23.6 Å². The van der Waals surface area contributed by atoms with Gasteiger partial charge in [-0.25, -0.2) is 4.90 Å². The molecule has 0 unspecified atom stereocenters. The zero-order valence-electron chi connectivity index (χ0n) is 20.5. The van der Waals surface area contributed by atoms with Crippen LogP contribution >= 0.6 is 0 Å². The highest BCUT2D eigenvalue weighted by molar-refractivity contribution is 6.46. The van der Waals surface area contributed by atoms with E-state index in [2.05, 4.69) is 5.32 Å². The van der Waals surface area contributed by atoms with Crippen LogP contribution in [0.4, 0.5) is 11.4 Å². The molecule has 1 aliphatic heterocycles. The third-order valence-electron chi connectivity index (χ3n) is 5.98. The Balaban J connectivity index is 1.81. The Morgan fingerprint density at radius 2 is 1.44 bits per heavy atom. The van der Waals surface area contributed by atoms with Crippen LogP contribution in [0.2, 0.25) is 0 Å². The van der Waals surface area contributed by atoms with E-state index in [1.54, 1.807) is 0 Å². The van der Waals surface area contributed by atoms with Crippen LogP contribution in [0, 0.1) is 27.7 Å². The van der Waals surface area contributed by atoms with E-state index in [1.807, 2.05) is 102 Å². The summed E-state index contributed by atoms with van der Waals surface area (Å²) in [5.41, 5.74) is 6.74. The number of imide groups is 1. The Kier molecular flexibility index (Phi) is 6.29. The van der Waals surface area contributed by atoms with Crippen molar-refractivity contribution in [2.24, 2.45) is 0 Å². The van der Waals surface area contributed by atoms with Gasteiger partial charge in [-0.1, -0.05) is 30.3 Å². The number of amides is 2. The Hall–Kier alpha value is -3.86. The van der Waals surface area contributed by atoms with E-state index in [0.29, 0.717) is 22.6 Å². The second-order valence-electron chi connectivity index (χ2n) is 9.10. The van der Waals surface area contributed by atoms with Crippen LogP contribution in [0.15, 0.2) is 66.4 Å². The minimum absolute atomic E-state index is 0.0431. The van der Waals surface area contributed by atoms with Crippen LogP contribution in [0.3, 0.4) is 0 Å². The Morgan fingerprint density at radius 1 is 0.765 bits per heavy atom.